The largest absolute Gasteiger partial charge is 0.469 e. The van der Waals surface area contributed by atoms with Crippen LogP contribution in [0.15, 0.2) is 36.0 Å². The third kappa shape index (κ3) is 3.51. The van der Waals surface area contributed by atoms with E-state index < -0.39 is 5.41 Å². The minimum Gasteiger partial charge on any atom is -0.469 e. The minimum absolute atomic E-state index is 0.0344. The second-order valence-corrected chi connectivity index (χ2v) is 8.42. The van der Waals surface area contributed by atoms with E-state index in [1.807, 2.05) is 13.0 Å². The highest BCUT2D eigenvalue weighted by Gasteiger charge is 2.64. The van der Waals surface area contributed by atoms with Crippen LogP contribution in [-0.4, -0.2) is 25.2 Å². The summed E-state index contributed by atoms with van der Waals surface area (Å²) in [6.07, 6.45) is 8.98. The van der Waals surface area contributed by atoms with E-state index in [1.54, 1.807) is 0 Å². The highest BCUT2D eigenvalue weighted by molar-refractivity contribution is 5.78. The molecule has 0 unspecified atom stereocenters. The van der Waals surface area contributed by atoms with Gasteiger partial charge in [0, 0.05) is 12.3 Å². The maximum Gasteiger partial charge on any atom is 0.312 e. The van der Waals surface area contributed by atoms with Crippen LogP contribution in [0, 0.1) is 22.7 Å². The Labute approximate surface area is 163 Å². The lowest BCUT2D eigenvalue weighted by molar-refractivity contribution is -0.192. The standard InChI is InChI=1S/C23H34O4/c1-8-15(2)12-13-23(21(25)26-7)17(4)14-20(27-18(5)24)22(6)16(3)10-9-11-19(22)23/h8,10,12,17,19-20H,1,9,11,13-14H2,2-7H3/b15-12-/t17-,19+,20+,22+,23-/m0/s1. The van der Waals surface area contributed by atoms with Crippen molar-refractivity contribution in [2.24, 2.45) is 22.7 Å². The zero-order chi connectivity index (χ0) is 20.4. The van der Waals surface area contributed by atoms with Crippen LogP contribution in [0.4, 0.5) is 0 Å². The van der Waals surface area contributed by atoms with Gasteiger partial charge in [0.2, 0.25) is 0 Å². The Morgan fingerprint density at radius 1 is 1.37 bits per heavy atom. The first-order chi connectivity index (χ1) is 12.6. The minimum atomic E-state index is -0.639. The predicted octanol–water partition coefficient (Wildman–Crippen LogP) is 5.00. The highest BCUT2D eigenvalue weighted by Crippen LogP contribution is 2.63. The second kappa shape index (κ2) is 8.04. The van der Waals surface area contributed by atoms with Crippen LogP contribution in [0.1, 0.15) is 60.3 Å². The molecule has 27 heavy (non-hydrogen) atoms. The van der Waals surface area contributed by atoms with Gasteiger partial charge in [0.05, 0.1) is 12.5 Å². The zero-order valence-corrected chi connectivity index (χ0v) is 17.6. The Bertz CT molecular complexity index is 674. The molecule has 0 aromatic rings. The number of hydrogen-bond donors (Lipinski definition) is 0. The van der Waals surface area contributed by atoms with Gasteiger partial charge in [0.15, 0.2) is 0 Å². The molecule has 2 rings (SSSR count). The first kappa shape index (κ1) is 21.5. The number of allylic oxidation sites excluding steroid dienone is 4. The SMILES string of the molecule is C=C/C(C)=C\C[C@@]1(C(=O)OC)[C@@H]2CCC=C(C)[C@@]2(C)[C@H](OC(C)=O)C[C@@H]1C. The molecule has 0 spiro atoms. The van der Waals surface area contributed by atoms with E-state index in [4.69, 9.17) is 9.47 Å². The molecule has 0 aromatic heterocycles. The lowest BCUT2D eigenvalue weighted by Crippen LogP contribution is -2.61. The first-order valence-corrected chi connectivity index (χ1v) is 9.86. The number of carbonyl (C=O) groups excluding carboxylic acids is 2. The number of carbonyl (C=O) groups is 2. The van der Waals surface area contributed by atoms with Crippen molar-refractivity contribution in [2.45, 2.75) is 66.4 Å². The van der Waals surface area contributed by atoms with E-state index in [2.05, 4.69) is 39.5 Å². The average Bonchev–Trinajstić information content (AvgIpc) is 2.62. The molecular weight excluding hydrogens is 340 g/mol. The van der Waals surface area contributed by atoms with Gasteiger partial charge in [-0.15, -0.1) is 0 Å². The molecule has 0 radical (unpaired) electrons. The fraction of sp³-hybridized carbons (Fsp3) is 0.652. The Morgan fingerprint density at radius 2 is 2.04 bits per heavy atom. The van der Waals surface area contributed by atoms with E-state index in [1.165, 1.54) is 19.6 Å². The molecule has 0 aromatic carbocycles. The van der Waals surface area contributed by atoms with E-state index >= 15 is 0 Å². The smallest absolute Gasteiger partial charge is 0.312 e. The number of hydrogen-bond acceptors (Lipinski definition) is 4. The molecule has 2 aliphatic carbocycles. The molecule has 5 atom stereocenters. The van der Waals surface area contributed by atoms with Crippen LogP contribution in [0.2, 0.25) is 0 Å². The topological polar surface area (TPSA) is 52.6 Å². The molecule has 0 saturated heterocycles. The van der Waals surface area contributed by atoms with Crippen molar-refractivity contribution in [1.29, 1.82) is 0 Å². The molecule has 4 heteroatoms. The lowest BCUT2D eigenvalue weighted by Gasteiger charge is -2.59. The Balaban J connectivity index is 2.63. The first-order valence-electron chi connectivity index (χ1n) is 9.86. The van der Waals surface area contributed by atoms with Gasteiger partial charge in [-0.05, 0) is 51.4 Å². The van der Waals surface area contributed by atoms with Gasteiger partial charge in [-0.2, -0.15) is 0 Å². The Kier molecular flexibility index (Phi) is 6.39. The molecule has 0 bridgehead atoms. The van der Waals surface area contributed by atoms with Crippen molar-refractivity contribution in [3.8, 4) is 0 Å². The number of rotatable bonds is 5. The van der Waals surface area contributed by atoms with Crippen molar-refractivity contribution >= 4 is 11.9 Å². The molecule has 2 aliphatic rings. The van der Waals surface area contributed by atoms with Crippen molar-refractivity contribution in [3.63, 3.8) is 0 Å². The van der Waals surface area contributed by atoms with Gasteiger partial charge in [0.25, 0.3) is 0 Å². The van der Waals surface area contributed by atoms with Gasteiger partial charge in [-0.25, -0.2) is 0 Å². The highest BCUT2D eigenvalue weighted by atomic mass is 16.5. The van der Waals surface area contributed by atoms with Crippen LogP contribution in [0.25, 0.3) is 0 Å². The lowest BCUT2D eigenvalue weighted by atomic mass is 9.45. The van der Waals surface area contributed by atoms with Crippen LogP contribution in [-0.2, 0) is 19.1 Å². The number of esters is 2. The zero-order valence-electron chi connectivity index (χ0n) is 17.6. The van der Waals surface area contributed by atoms with Crippen LogP contribution in [0.5, 0.6) is 0 Å². The van der Waals surface area contributed by atoms with Crippen molar-refractivity contribution < 1.29 is 19.1 Å². The van der Waals surface area contributed by atoms with Crippen LogP contribution >= 0.6 is 0 Å². The number of ether oxygens (including phenoxy) is 2. The van der Waals surface area contributed by atoms with Crippen LogP contribution in [0.3, 0.4) is 0 Å². The summed E-state index contributed by atoms with van der Waals surface area (Å²) < 4.78 is 11.1. The quantitative estimate of drug-likeness (QED) is 0.386. The predicted molar refractivity (Wildman–Crippen MR) is 107 cm³/mol. The van der Waals surface area contributed by atoms with E-state index in [9.17, 15) is 9.59 Å². The molecule has 0 N–H and O–H groups in total. The Morgan fingerprint density at radius 3 is 2.59 bits per heavy atom. The van der Waals surface area contributed by atoms with E-state index in [0.717, 1.165) is 18.4 Å². The number of methoxy groups -OCH3 is 1. The van der Waals surface area contributed by atoms with Crippen LogP contribution < -0.4 is 0 Å². The second-order valence-electron chi connectivity index (χ2n) is 8.42. The summed E-state index contributed by atoms with van der Waals surface area (Å²) in [6.45, 7) is 13.6. The Hall–Kier alpha value is -1.84. The molecule has 1 fully saturated rings. The van der Waals surface area contributed by atoms with Gasteiger partial charge in [-0.3, -0.25) is 9.59 Å². The van der Waals surface area contributed by atoms with Crippen molar-refractivity contribution in [3.05, 3.63) is 36.0 Å². The summed E-state index contributed by atoms with van der Waals surface area (Å²) >= 11 is 0. The van der Waals surface area contributed by atoms with Crippen molar-refractivity contribution in [2.75, 3.05) is 7.11 Å². The van der Waals surface area contributed by atoms with Gasteiger partial charge in [0.1, 0.15) is 6.10 Å². The monoisotopic (exact) mass is 374 g/mol. The average molecular weight is 375 g/mol. The third-order valence-electron chi connectivity index (χ3n) is 7.17. The normalized spacial score (nSPS) is 36.3. The summed E-state index contributed by atoms with van der Waals surface area (Å²) in [4.78, 5) is 25.0. The van der Waals surface area contributed by atoms with Crippen molar-refractivity contribution in [1.82, 2.24) is 0 Å². The molecule has 0 amide bonds. The fourth-order valence-corrected chi connectivity index (χ4v) is 5.40. The number of fused-ring (bicyclic) bond motifs is 1. The van der Waals surface area contributed by atoms with Gasteiger partial charge < -0.3 is 9.47 Å². The van der Waals surface area contributed by atoms with Gasteiger partial charge in [-0.1, -0.05) is 49.8 Å². The summed E-state index contributed by atoms with van der Waals surface area (Å²) in [6, 6.07) is 0. The maximum atomic E-state index is 13.2. The summed E-state index contributed by atoms with van der Waals surface area (Å²) in [7, 11) is 1.47. The summed E-state index contributed by atoms with van der Waals surface area (Å²) in [5.74, 6) is -0.342. The third-order valence-corrected chi connectivity index (χ3v) is 7.17. The summed E-state index contributed by atoms with van der Waals surface area (Å²) in [5, 5.41) is 0. The molecule has 0 aliphatic heterocycles. The van der Waals surface area contributed by atoms with Gasteiger partial charge >= 0.3 is 11.9 Å². The molecule has 150 valence electrons. The molecular formula is C23H34O4. The fourth-order valence-electron chi connectivity index (χ4n) is 5.40. The van der Waals surface area contributed by atoms with E-state index in [-0.39, 0.29) is 35.3 Å². The molecule has 4 nitrogen and oxygen atoms in total. The summed E-state index contributed by atoms with van der Waals surface area (Å²) in [5.41, 5.74) is 1.24. The molecule has 1 saturated carbocycles. The maximum absolute atomic E-state index is 13.2. The van der Waals surface area contributed by atoms with E-state index in [0.29, 0.717) is 12.8 Å². The molecule has 0 heterocycles.